The molecule has 1 aliphatic carbocycles. The van der Waals surface area contributed by atoms with Crippen molar-refractivity contribution in [3.8, 4) is 0 Å². The van der Waals surface area contributed by atoms with E-state index in [1.165, 1.54) is 30.2 Å². The molecule has 0 saturated heterocycles. The summed E-state index contributed by atoms with van der Waals surface area (Å²) in [5.41, 5.74) is 2.57. The molecule has 0 bridgehead atoms. The van der Waals surface area contributed by atoms with Gasteiger partial charge in [0.2, 0.25) is 0 Å². The Balaban J connectivity index is 2.79. The Labute approximate surface area is 86.0 Å². The van der Waals surface area contributed by atoms with Crippen LogP contribution in [-0.2, 0) is 0 Å². The van der Waals surface area contributed by atoms with E-state index < -0.39 is 0 Å². The maximum atomic E-state index is 7.03. The third-order valence-electron chi connectivity index (χ3n) is 2.32. The molecule has 0 aromatic rings. The predicted octanol–water partition coefficient (Wildman–Crippen LogP) is 3.80. The van der Waals surface area contributed by atoms with Crippen LogP contribution in [0.4, 0.5) is 0 Å². The van der Waals surface area contributed by atoms with Gasteiger partial charge in [-0.3, -0.25) is 0 Å². The average Bonchev–Trinajstić information content (AvgIpc) is 2.15. The number of hydrogen-bond acceptors (Lipinski definition) is 1. The SMILES string of the molecule is C=C/C=C1/C=C\C(=C\C=N)CCCC1. The molecule has 1 nitrogen and oxygen atoms in total. The zero-order valence-electron chi connectivity index (χ0n) is 8.50. The van der Waals surface area contributed by atoms with Crippen LogP contribution < -0.4 is 0 Å². The van der Waals surface area contributed by atoms with Crippen molar-refractivity contribution in [1.82, 2.24) is 0 Å². The van der Waals surface area contributed by atoms with Gasteiger partial charge in [0.25, 0.3) is 0 Å². The van der Waals surface area contributed by atoms with Crippen molar-refractivity contribution in [2.45, 2.75) is 25.7 Å². The summed E-state index contributed by atoms with van der Waals surface area (Å²) in [7, 11) is 0. The van der Waals surface area contributed by atoms with Gasteiger partial charge in [0.15, 0.2) is 0 Å². The van der Waals surface area contributed by atoms with Crippen LogP contribution in [0.25, 0.3) is 0 Å². The second kappa shape index (κ2) is 6.14. The summed E-state index contributed by atoms with van der Waals surface area (Å²) in [5.74, 6) is 0. The van der Waals surface area contributed by atoms with Gasteiger partial charge in [-0.2, -0.15) is 0 Å². The molecule has 74 valence electrons. The molecule has 1 rings (SSSR count). The molecule has 1 N–H and O–H groups in total. The van der Waals surface area contributed by atoms with Crippen LogP contribution in [0.2, 0.25) is 0 Å². The molecule has 0 unspecified atom stereocenters. The zero-order chi connectivity index (χ0) is 10.2. The lowest BCUT2D eigenvalue weighted by Gasteiger charge is -2.08. The van der Waals surface area contributed by atoms with Crippen molar-refractivity contribution < 1.29 is 0 Å². The van der Waals surface area contributed by atoms with Gasteiger partial charge >= 0.3 is 0 Å². The molecule has 0 radical (unpaired) electrons. The van der Waals surface area contributed by atoms with Gasteiger partial charge in [-0.25, -0.2) is 0 Å². The maximum Gasteiger partial charge on any atom is 0.0180 e. The Hall–Kier alpha value is -1.37. The highest BCUT2D eigenvalue weighted by Crippen LogP contribution is 2.19. The first-order valence-electron chi connectivity index (χ1n) is 5.06. The van der Waals surface area contributed by atoms with E-state index in [2.05, 4.69) is 24.8 Å². The first-order valence-corrected chi connectivity index (χ1v) is 5.06. The van der Waals surface area contributed by atoms with Crippen LogP contribution in [0.15, 0.2) is 48.1 Å². The van der Waals surface area contributed by atoms with Crippen LogP contribution in [0.5, 0.6) is 0 Å². The van der Waals surface area contributed by atoms with Crippen LogP contribution in [-0.4, -0.2) is 6.21 Å². The minimum atomic E-state index is 1.09. The number of nitrogens with one attached hydrogen (secondary N) is 1. The second-order valence-corrected chi connectivity index (χ2v) is 3.43. The third-order valence-corrected chi connectivity index (χ3v) is 2.32. The topological polar surface area (TPSA) is 23.9 Å². The van der Waals surface area contributed by atoms with Crippen molar-refractivity contribution in [1.29, 1.82) is 5.41 Å². The van der Waals surface area contributed by atoms with E-state index in [0.717, 1.165) is 12.8 Å². The van der Waals surface area contributed by atoms with Crippen LogP contribution in [0.3, 0.4) is 0 Å². The number of rotatable bonds is 2. The fraction of sp³-hybridized carbons (Fsp3) is 0.308. The molecule has 0 aliphatic heterocycles. The quantitative estimate of drug-likeness (QED) is 0.636. The fourth-order valence-electron chi connectivity index (χ4n) is 1.58. The highest BCUT2D eigenvalue weighted by Gasteiger charge is 2.00. The van der Waals surface area contributed by atoms with Gasteiger partial charge in [0.05, 0.1) is 0 Å². The Morgan fingerprint density at radius 2 is 1.64 bits per heavy atom. The summed E-state index contributed by atoms with van der Waals surface area (Å²) >= 11 is 0. The van der Waals surface area contributed by atoms with E-state index in [-0.39, 0.29) is 0 Å². The molecule has 0 heterocycles. The average molecular weight is 187 g/mol. The normalized spacial score (nSPS) is 25.4. The Bertz CT molecular complexity index is 262. The molecule has 0 spiro atoms. The molecule has 0 amide bonds. The summed E-state index contributed by atoms with van der Waals surface area (Å²) in [6.07, 6.45) is 16.0. The highest BCUT2D eigenvalue weighted by molar-refractivity contribution is 5.69. The molecular formula is C13H17N. The minimum absolute atomic E-state index is 1.09. The zero-order valence-corrected chi connectivity index (χ0v) is 8.50. The summed E-state index contributed by atoms with van der Waals surface area (Å²) in [6, 6.07) is 0. The van der Waals surface area contributed by atoms with Gasteiger partial charge in [0, 0.05) is 6.21 Å². The molecule has 14 heavy (non-hydrogen) atoms. The standard InChI is InChI=1S/C13H17N/c1-2-5-12-6-3-4-7-13(9-8-12)10-11-14/h2,5,8-11,14H,1,3-4,6-7H2/b9-8-,12-5+,13-10+,14-11?. The lowest BCUT2D eigenvalue weighted by molar-refractivity contribution is 0.732. The molecule has 1 heteroatoms. The van der Waals surface area contributed by atoms with Crippen LogP contribution in [0.1, 0.15) is 25.7 Å². The summed E-state index contributed by atoms with van der Waals surface area (Å²) in [5, 5.41) is 7.03. The minimum Gasteiger partial charge on any atom is -0.309 e. The second-order valence-electron chi connectivity index (χ2n) is 3.43. The number of allylic oxidation sites excluding steroid dienone is 7. The summed E-state index contributed by atoms with van der Waals surface area (Å²) in [6.45, 7) is 3.70. The van der Waals surface area contributed by atoms with E-state index in [1.807, 2.05) is 12.2 Å². The van der Waals surface area contributed by atoms with Gasteiger partial charge in [-0.1, -0.05) is 30.9 Å². The van der Waals surface area contributed by atoms with Crippen molar-refractivity contribution in [3.05, 3.63) is 48.1 Å². The van der Waals surface area contributed by atoms with Crippen molar-refractivity contribution in [2.24, 2.45) is 0 Å². The molecule has 0 fully saturated rings. The van der Waals surface area contributed by atoms with Gasteiger partial charge in [-0.15, -0.1) is 0 Å². The molecular weight excluding hydrogens is 170 g/mol. The van der Waals surface area contributed by atoms with E-state index in [1.54, 1.807) is 0 Å². The smallest absolute Gasteiger partial charge is 0.0180 e. The van der Waals surface area contributed by atoms with E-state index in [4.69, 9.17) is 5.41 Å². The molecule has 1 aliphatic rings. The van der Waals surface area contributed by atoms with Crippen molar-refractivity contribution >= 4 is 6.21 Å². The highest BCUT2D eigenvalue weighted by atomic mass is 14.3. The lowest BCUT2D eigenvalue weighted by Crippen LogP contribution is -1.89. The monoisotopic (exact) mass is 187 g/mol. The van der Waals surface area contributed by atoms with Crippen LogP contribution >= 0.6 is 0 Å². The fourth-order valence-corrected chi connectivity index (χ4v) is 1.58. The van der Waals surface area contributed by atoms with Gasteiger partial charge in [-0.05, 0) is 42.9 Å². The van der Waals surface area contributed by atoms with Crippen molar-refractivity contribution in [2.75, 3.05) is 0 Å². The first kappa shape index (κ1) is 10.7. The molecule has 0 aromatic heterocycles. The molecule has 0 atom stereocenters. The predicted molar refractivity (Wildman–Crippen MR) is 62.8 cm³/mol. The molecule has 0 aromatic carbocycles. The van der Waals surface area contributed by atoms with Gasteiger partial charge in [0.1, 0.15) is 0 Å². The summed E-state index contributed by atoms with van der Waals surface area (Å²) in [4.78, 5) is 0. The molecule has 0 saturated carbocycles. The van der Waals surface area contributed by atoms with E-state index >= 15 is 0 Å². The van der Waals surface area contributed by atoms with E-state index in [9.17, 15) is 0 Å². The van der Waals surface area contributed by atoms with Crippen LogP contribution in [0, 0.1) is 5.41 Å². The van der Waals surface area contributed by atoms with E-state index in [0.29, 0.717) is 0 Å². The Morgan fingerprint density at radius 3 is 2.14 bits per heavy atom. The largest absolute Gasteiger partial charge is 0.309 e. The third kappa shape index (κ3) is 3.56. The summed E-state index contributed by atoms with van der Waals surface area (Å²) < 4.78 is 0. The first-order chi connectivity index (χ1) is 6.86. The Kier molecular flexibility index (Phi) is 4.70. The maximum absolute atomic E-state index is 7.03. The van der Waals surface area contributed by atoms with Crippen molar-refractivity contribution in [3.63, 3.8) is 0 Å². The Morgan fingerprint density at radius 1 is 1.07 bits per heavy atom. The lowest BCUT2D eigenvalue weighted by atomic mass is 9.98. The number of hydrogen-bond donors (Lipinski definition) is 1. The van der Waals surface area contributed by atoms with Gasteiger partial charge < -0.3 is 5.41 Å².